The van der Waals surface area contributed by atoms with Crippen molar-refractivity contribution in [3.05, 3.63) is 51.7 Å². The van der Waals surface area contributed by atoms with Crippen molar-refractivity contribution in [2.45, 2.75) is 31.7 Å². The van der Waals surface area contributed by atoms with E-state index in [0.29, 0.717) is 17.7 Å². The monoisotopic (exact) mass is 397 g/mol. The lowest BCUT2D eigenvalue weighted by Gasteiger charge is -2.31. The molecule has 4 rings (SSSR count). The van der Waals surface area contributed by atoms with Gasteiger partial charge in [0.2, 0.25) is 5.91 Å². The molecular weight excluding hydrogens is 378 g/mol. The number of nitrogens with zero attached hydrogens (tertiary/aromatic N) is 1. The smallest absolute Gasteiger partial charge is 0.325 e. The Kier molecular flexibility index (Phi) is 4.50. The number of fused-ring (bicyclic) bond motifs is 2. The molecule has 4 amide bonds. The fraction of sp³-hybridized carbons (Fsp3) is 0.300. The number of benzene rings is 1. The molecule has 1 aliphatic carbocycles. The second-order valence-electron chi connectivity index (χ2n) is 7.02. The molecule has 1 saturated heterocycles. The van der Waals surface area contributed by atoms with Crippen molar-refractivity contribution < 1.29 is 19.2 Å². The number of thiophene rings is 1. The van der Waals surface area contributed by atoms with Crippen molar-refractivity contribution in [1.82, 2.24) is 10.2 Å². The number of hydrogen-bond donors (Lipinski definition) is 2. The second kappa shape index (κ2) is 6.87. The first kappa shape index (κ1) is 18.4. The molecule has 7 nitrogen and oxygen atoms in total. The van der Waals surface area contributed by atoms with Crippen molar-refractivity contribution in [1.29, 1.82) is 0 Å². The zero-order valence-electron chi connectivity index (χ0n) is 15.3. The number of anilines is 1. The van der Waals surface area contributed by atoms with E-state index in [-0.39, 0.29) is 18.2 Å². The van der Waals surface area contributed by atoms with E-state index in [1.54, 1.807) is 35.6 Å². The summed E-state index contributed by atoms with van der Waals surface area (Å²) in [6.07, 6.45) is 2.24. The van der Waals surface area contributed by atoms with Crippen molar-refractivity contribution >= 4 is 40.7 Å². The number of nitrogens with one attached hydrogen (secondary N) is 2. The van der Waals surface area contributed by atoms with Crippen molar-refractivity contribution in [2.24, 2.45) is 0 Å². The zero-order chi connectivity index (χ0) is 19.9. The van der Waals surface area contributed by atoms with Gasteiger partial charge in [-0.3, -0.25) is 19.3 Å². The molecule has 2 heterocycles. The van der Waals surface area contributed by atoms with Gasteiger partial charge in [-0.05, 0) is 61.9 Å². The first-order valence-electron chi connectivity index (χ1n) is 9.02. The van der Waals surface area contributed by atoms with Crippen molar-refractivity contribution in [2.75, 3.05) is 11.9 Å². The lowest BCUT2D eigenvalue weighted by Crippen LogP contribution is -2.46. The van der Waals surface area contributed by atoms with Crippen LogP contribution in [0.1, 0.15) is 40.6 Å². The standard InChI is InChI=1S/C20H19N3O4S/c1-12(24)13-4-6-14(7-5-13)21-17(25)11-23-18(26)20(22-19(23)27)9-2-3-16-15(20)8-10-28-16/h4-8,10H,2-3,9,11H2,1H3,(H,21,25)(H,22,27)/t20-/m1/s1. The van der Waals surface area contributed by atoms with Gasteiger partial charge >= 0.3 is 6.03 Å². The molecule has 0 saturated carbocycles. The van der Waals surface area contributed by atoms with E-state index in [9.17, 15) is 19.2 Å². The lowest BCUT2D eigenvalue weighted by atomic mass is 9.80. The molecule has 1 atom stereocenters. The van der Waals surface area contributed by atoms with Gasteiger partial charge in [0.25, 0.3) is 5.91 Å². The molecule has 1 aromatic heterocycles. The molecule has 1 aromatic carbocycles. The summed E-state index contributed by atoms with van der Waals surface area (Å²) < 4.78 is 0. The van der Waals surface area contributed by atoms with E-state index in [2.05, 4.69) is 10.6 Å². The fourth-order valence-corrected chi connectivity index (χ4v) is 4.82. The van der Waals surface area contributed by atoms with Gasteiger partial charge in [0.1, 0.15) is 12.1 Å². The SMILES string of the molecule is CC(=O)c1ccc(NC(=O)CN2C(=O)N[C@@]3(CCCc4sccc43)C2=O)cc1. The quantitative estimate of drug-likeness (QED) is 0.612. The molecule has 144 valence electrons. The normalized spacial score (nSPS) is 20.8. The van der Waals surface area contributed by atoms with E-state index >= 15 is 0 Å². The van der Waals surface area contributed by atoms with Gasteiger partial charge in [-0.1, -0.05) is 0 Å². The largest absolute Gasteiger partial charge is 0.325 e. The molecule has 1 fully saturated rings. The average molecular weight is 397 g/mol. The van der Waals surface area contributed by atoms with Gasteiger partial charge in [0.05, 0.1) is 0 Å². The highest BCUT2D eigenvalue weighted by Gasteiger charge is 2.54. The number of hydrogen-bond acceptors (Lipinski definition) is 5. The number of rotatable bonds is 4. The number of imide groups is 1. The first-order chi connectivity index (χ1) is 13.4. The molecule has 2 aliphatic rings. The third-order valence-corrected chi connectivity index (χ3v) is 6.19. The molecule has 0 bridgehead atoms. The Bertz CT molecular complexity index is 982. The van der Waals surface area contributed by atoms with Crippen LogP contribution in [0.3, 0.4) is 0 Å². The van der Waals surface area contributed by atoms with Crippen LogP contribution in [0.4, 0.5) is 10.5 Å². The predicted molar refractivity (Wildman–Crippen MR) is 104 cm³/mol. The highest BCUT2D eigenvalue weighted by atomic mass is 32.1. The molecule has 2 aromatic rings. The van der Waals surface area contributed by atoms with Gasteiger partial charge in [-0.15, -0.1) is 11.3 Å². The molecule has 2 N–H and O–H groups in total. The Morgan fingerprint density at radius 2 is 1.96 bits per heavy atom. The Hall–Kier alpha value is -3.00. The van der Waals surface area contributed by atoms with Gasteiger partial charge in [-0.25, -0.2) is 4.79 Å². The maximum atomic E-state index is 13.1. The maximum Gasteiger partial charge on any atom is 0.325 e. The topological polar surface area (TPSA) is 95.6 Å². The van der Waals surface area contributed by atoms with Crippen molar-refractivity contribution in [3.8, 4) is 0 Å². The summed E-state index contributed by atoms with van der Waals surface area (Å²) >= 11 is 1.58. The Morgan fingerprint density at radius 3 is 2.68 bits per heavy atom. The summed E-state index contributed by atoms with van der Waals surface area (Å²) in [5, 5.41) is 7.41. The Morgan fingerprint density at radius 1 is 1.21 bits per heavy atom. The van der Waals surface area contributed by atoms with E-state index in [4.69, 9.17) is 0 Å². The Balaban J connectivity index is 1.48. The molecule has 0 radical (unpaired) electrons. The maximum absolute atomic E-state index is 13.1. The van der Waals surface area contributed by atoms with E-state index in [1.165, 1.54) is 6.92 Å². The number of urea groups is 1. The molecule has 1 spiro atoms. The van der Waals surface area contributed by atoms with Crippen LogP contribution >= 0.6 is 11.3 Å². The summed E-state index contributed by atoms with van der Waals surface area (Å²) in [6, 6.07) is 7.78. The van der Waals surface area contributed by atoms with Crippen LogP contribution in [0.5, 0.6) is 0 Å². The van der Waals surface area contributed by atoms with Crippen LogP contribution in [0.15, 0.2) is 35.7 Å². The highest BCUT2D eigenvalue weighted by molar-refractivity contribution is 7.10. The summed E-state index contributed by atoms with van der Waals surface area (Å²) in [7, 11) is 0. The van der Waals surface area contributed by atoms with Gasteiger partial charge < -0.3 is 10.6 Å². The Labute approximate surface area is 165 Å². The van der Waals surface area contributed by atoms with Crippen LogP contribution in [0.25, 0.3) is 0 Å². The van der Waals surface area contributed by atoms with Crippen LogP contribution < -0.4 is 10.6 Å². The summed E-state index contributed by atoms with van der Waals surface area (Å²) in [5.74, 6) is -0.917. The second-order valence-corrected chi connectivity index (χ2v) is 8.02. The number of carbonyl (C=O) groups is 4. The van der Waals surface area contributed by atoms with Crippen LogP contribution in [-0.4, -0.2) is 35.1 Å². The number of Topliss-reactive ketones (excluding diaryl/α,β-unsaturated/α-hetero) is 1. The van der Waals surface area contributed by atoms with Gasteiger partial charge in [-0.2, -0.15) is 0 Å². The summed E-state index contributed by atoms with van der Waals surface area (Å²) in [6.45, 7) is 1.10. The minimum absolute atomic E-state index is 0.0669. The van der Waals surface area contributed by atoms with Gasteiger partial charge in [0.15, 0.2) is 5.78 Å². The molecule has 28 heavy (non-hydrogen) atoms. The predicted octanol–water partition coefficient (Wildman–Crippen LogP) is 2.67. The number of ketones is 1. The summed E-state index contributed by atoms with van der Waals surface area (Å²) in [4.78, 5) is 51.4. The van der Waals surface area contributed by atoms with E-state index in [1.807, 2.05) is 11.4 Å². The number of carbonyl (C=O) groups excluding carboxylic acids is 4. The number of amides is 4. The third-order valence-electron chi connectivity index (χ3n) is 5.21. The van der Waals surface area contributed by atoms with Crippen LogP contribution in [0, 0.1) is 0 Å². The average Bonchev–Trinajstić information content (AvgIpc) is 3.23. The minimum atomic E-state index is -1.05. The molecular formula is C20H19N3O4S. The van der Waals surface area contributed by atoms with Crippen LogP contribution in [0.2, 0.25) is 0 Å². The summed E-state index contributed by atoms with van der Waals surface area (Å²) in [5.41, 5.74) is 0.839. The van der Waals surface area contributed by atoms with Crippen molar-refractivity contribution in [3.63, 3.8) is 0 Å². The third kappa shape index (κ3) is 2.99. The fourth-order valence-electron chi connectivity index (χ4n) is 3.82. The van der Waals surface area contributed by atoms with Crippen LogP contribution in [-0.2, 0) is 21.5 Å². The van der Waals surface area contributed by atoms with E-state index < -0.39 is 17.5 Å². The lowest BCUT2D eigenvalue weighted by molar-refractivity contribution is -0.134. The zero-order valence-corrected chi connectivity index (χ0v) is 16.1. The molecule has 1 aliphatic heterocycles. The molecule has 8 heteroatoms. The minimum Gasteiger partial charge on any atom is -0.325 e. The molecule has 0 unspecified atom stereocenters. The highest BCUT2D eigenvalue weighted by Crippen LogP contribution is 2.42. The number of aryl methyl sites for hydroxylation is 1. The van der Waals surface area contributed by atoms with E-state index in [0.717, 1.165) is 28.2 Å². The first-order valence-corrected chi connectivity index (χ1v) is 9.90. The van der Waals surface area contributed by atoms with Gasteiger partial charge in [0, 0.05) is 21.7 Å².